The summed E-state index contributed by atoms with van der Waals surface area (Å²) in [6.07, 6.45) is 7.26. The molecule has 32 heavy (non-hydrogen) atoms. The first-order valence-corrected chi connectivity index (χ1v) is 14.4. The number of nitrogens with zero attached hydrogens (tertiary/aromatic N) is 1. The monoisotopic (exact) mass is 449 g/mol. The van der Waals surface area contributed by atoms with E-state index in [9.17, 15) is 19.7 Å². The number of fused-ring (bicyclic) bond motifs is 4. The minimum Gasteiger partial charge on any atom is -0.375 e. The molecule has 4 aliphatic carbocycles. The summed E-state index contributed by atoms with van der Waals surface area (Å²) >= 11 is 0. The SMILES string of the molecule is C[C@]12C[C@H](c3ccc(P(C)(C)=O)cc3)C3=C4CCC(=O)C=C4CCC3[C@@H]1CC[C@]2(O)C#N. The fourth-order valence-corrected chi connectivity index (χ4v) is 8.08. The molecule has 0 bridgehead atoms. The molecule has 1 unspecified atom stereocenters. The van der Waals surface area contributed by atoms with Gasteiger partial charge in [-0.25, -0.2) is 0 Å². The second-order valence-electron chi connectivity index (χ2n) is 10.9. The predicted octanol–water partition coefficient (Wildman–Crippen LogP) is 5.09. The molecule has 0 spiro atoms. The Hall–Kier alpha value is -1.95. The molecule has 0 aliphatic heterocycles. The molecular weight excluding hydrogens is 417 g/mol. The van der Waals surface area contributed by atoms with Gasteiger partial charge in [-0.15, -0.1) is 0 Å². The summed E-state index contributed by atoms with van der Waals surface area (Å²) in [5.74, 6) is 0.958. The number of hydrogen-bond acceptors (Lipinski definition) is 4. The topological polar surface area (TPSA) is 78.2 Å². The third-order valence-electron chi connectivity index (χ3n) is 8.99. The smallest absolute Gasteiger partial charge is 0.156 e. The van der Waals surface area contributed by atoms with Crippen molar-refractivity contribution >= 4 is 18.2 Å². The van der Waals surface area contributed by atoms with Gasteiger partial charge in [-0.05, 0) is 86.5 Å². The molecule has 4 aliphatic rings. The second kappa shape index (κ2) is 7.28. The molecule has 5 rings (SSSR count). The van der Waals surface area contributed by atoms with Crippen molar-refractivity contribution in [3.05, 3.63) is 52.6 Å². The van der Waals surface area contributed by atoms with Crippen LogP contribution in [0.1, 0.15) is 63.4 Å². The molecule has 168 valence electrons. The van der Waals surface area contributed by atoms with E-state index >= 15 is 0 Å². The summed E-state index contributed by atoms with van der Waals surface area (Å²) in [6, 6.07) is 10.5. The summed E-state index contributed by atoms with van der Waals surface area (Å²) in [4.78, 5) is 12.1. The van der Waals surface area contributed by atoms with Gasteiger partial charge in [-0.3, -0.25) is 4.79 Å². The van der Waals surface area contributed by atoms with Crippen LogP contribution in [-0.4, -0.2) is 29.8 Å². The summed E-state index contributed by atoms with van der Waals surface area (Å²) in [5, 5.41) is 22.2. The van der Waals surface area contributed by atoms with E-state index in [2.05, 4.69) is 25.1 Å². The fourth-order valence-electron chi connectivity index (χ4n) is 7.21. The van der Waals surface area contributed by atoms with Crippen LogP contribution in [-0.2, 0) is 9.36 Å². The van der Waals surface area contributed by atoms with Crippen LogP contribution in [0.15, 0.2) is 47.1 Å². The number of ketones is 1. The maximum absolute atomic E-state index is 12.6. The van der Waals surface area contributed by atoms with E-state index in [0.717, 1.165) is 37.4 Å². The molecule has 1 aromatic carbocycles. The number of benzene rings is 1. The van der Waals surface area contributed by atoms with Gasteiger partial charge < -0.3 is 9.67 Å². The third kappa shape index (κ3) is 3.12. The van der Waals surface area contributed by atoms with Gasteiger partial charge in [0, 0.05) is 23.1 Å². The lowest BCUT2D eigenvalue weighted by Crippen LogP contribution is -2.51. The highest BCUT2D eigenvalue weighted by atomic mass is 31.2. The lowest BCUT2D eigenvalue weighted by atomic mass is 9.51. The lowest BCUT2D eigenvalue weighted by molar-refractivity contribution is -0.114. The standard InChI is InChI=1S/C27H32NO3P/c1-26-15-23(17-4-8-20(9-5-17)32(2,3)31)25-21-11-7-19(29)14-18(21)6-10-22(25)24(26)12-13-27(26,30)16-28/h4-5,8-9,14,22-24,30H,6-7,10-13,15H2,1-3H3/t22?,23-,24+,26+,27+/m1/s1. The van der Waals surface area contributed by atoms with Crippen LogP contribution in [0.2, 0.25) is 0 Å². The first-order chi connectivity index (χ1) is 15.1. The third-order valence-corrected chi connectivity index (χ3v) is 10.5. The molecule has 1 aromatic rings. The molecule has 0 heterocycles. The van der Waals surface area contributed by atoms with E-state index in [1.165, 1.54) is 22.3 Å². The van der Waals surface area contributed by atoms with E-state index < -0.39 is 18.2 Å². The van der Waals surface area contributed by atoms with Gasteiger partial charge in [-0.1, -0.05) is 36.8 Å². The van der Waals surface area contributed by atoms with E-state index in [0.29, 0.717) is 18.8 Å². The summed E-state index contributed by atoms with van der Waals surface area (Å²) in [7, 11) is -2.34. The number of nitriles is 1. The predicted molar refractivity (Wildman–Crippen MR) is 126 cm³/mol. The molecule has 4 nitrogen and oxygen atoms in total. The fraction of sp³-hybridized carbons (Fsp3) is 0.556. The average molecular weight is 450 g/mol. The Kier molecular flexibility index (Phi) is 4.97. The van der Waals surface area contributed by atoms with Gasteiger partial charge in [0.1, 0.15) is 7.14 Å². The van der Waals surface area contributed by atoms with Gasteiger partial charge in [-0.2, -0.15) is 5.26 Å². The first kappa shape index (κ1) is 21.9. The number of carbonyl (C=O) groups excluding carboxylic acids is 1. The number of hydrogen-bond donors (Lipinski definition) is 1. The van der Waals surface area contributed by atoms with Gasteiger partial charge in [0.25, 0.3) is 0 Å². The van der Waals surface area contributed by atoms with Crippen molar-refractivity contribution in [3.8, 4) is 6.07 Å². The van der Waals surface area contributed by atoms with Crippen LogP contribution < -0.4 is 5.30 Å². The Morgan fingerprint density at radius 2 is 1.84 bits per heavy atom. The zero-order chi connectivity index (χ0) is 22.9. The summed E-state index contributed by atoms with van der Waals surface area (Å²) in [5.41, 5.74) is 3.42. The maximum Gasteiger partial charge on any atom is 0.156 e. The number of allylic oxidation sites excluding steroid dienone is 4. The largest absolute Gasteiger partial charge is 0.375 e. The van der Waals surface area contributed by atoms with Crippen molar-refractivity contribution < 1.29 is 14.5 Å². The van der Waals surface area contributed by atoms with E-state index in [-0.39, 0.29) is 17.6 Å². The van der Waals surface area contributed by atoms with Gasteiger partial charge in [0.2, 0.25) is 0 Å². The molecule has 1 N–H and O–H groups in total. The minimum absolute atomic E-state index is 0.105. The van der Waals surface area contributed by atoms with Crippen LogP contribution in [0.5, 0.6) is 0 Å². The molecular formula is C27H32NO3P. The van der Waals surface area contributed by atoms with Crippen molar-refractivity contribution in [2.24, 2.45) is 17.3 Å². The first-order valence-electron chi connectivity index (χ1n) is 11.8. The quantitative estimate of drug-likeness (QED) is 0.504. The zero-order valence-electron chi connectivity index (χ0n) is 19.2. The molecule has 5 heteroatoms. The zero-order valence-corrected chi connectivity index (χ0v) is 20.1. The highest BCUT2D eigenvalue weighted by Crippen LogP contribution is 2.66. The molecule has 2 saturated carbocycles. The van der Waals surface area contributed by atoms with Crippen molar-refractivity contribution in [2.75, 3.05) is 13.3 Å². The highest BCUT2D eigenvalue weighted by Gasteiger charge is 2.63. The van der Waals surface area contributed by atoms with Crippen LogP contribution in [0.25, 0.3) is 0 Å². The van der Waals surface area contributed by atoms with Gasteiger partial charge >= 0.3 is 0 Å². The Morgan fingerprint density at radius 1 is 1.12 bits per heavy atom. The van der Waals surface area contributed by atoms with Crippen LogP contribution in [0, 0.1) is 28.6 Å². The van der Waals surface area contributed by atoms with Crippen molar-refractivity contribution in [3.63, 3.8) is 0 Å². The Balaban J connectivity index is 1.67. The minimum atomic E-state index is -2.34. The molecule has 0 amide bonds. The molecule has 0 saturated heterocycles. The lowest BCUT2D eigenvalue weighted by Gasteiger charge is -2.53. The molecule has 2 fully saturated rings. The summed E-state index contributed by atoms with van der Waals surface area (Å²) in [6.45, 7) is 5.70. The van der Waals surface area contributed by atoms with E-state index in [1.807, 2.05) is 18.2 Å². The Morgan fingerprint density at radius 3 is 2.50 bits per heavy atom. The highest BCUT2D eigenvalue weighted by molar-refractivity contribution is 7.70. The molecule has 0 aromatic heterocycles. The normalized spacial score (nSPS) is 36.7. The van der Waals surface area contributed by atoms with E-state index in [4.69, 9.17) is 0 Å². The molecule has 5 atom stereocenters. The molecule has 0 radical (unpaired) electrons. The number of carbonyl (C=O) groups is 1. The van der Waals surface area contributed by atoms with Crippen LogP contribution >= 0.6 is 7.14 Å². The number of aliphatic hydroxyl groups is 1. The van der Waals surface area contributed by atoms with Crippen molar-refractivity contribution in [1.29, 1.82) is 5.26 Å². The van der Waals surface area contributed by atoms with Crippen LogP contribution in [0.4, 0.5) is 0 Å². The van der Waals surface area contributed by atoms with Crippen LogP contribution in [0.3, 0.4) is 0 Å². The Labute approximate surface area is 190 Å². The second-order valence-corrected chi connectivity index (χ2v) is 14.2. The Bertz CT molecular complexity index is 1130. The van der Waals surface area contributed by atoms with E-state index in [1.54, 1.807) is 13.3 Å². The number of rotatable bonds is 2. The van der Waals surface area contributed by atoms with Crippen molar-refractivity contribution in [2.45, 2.75) is 63.4 Å². The maximum atomic E-state index is 12.6. The van der Waals surface area contributed by atoms with Gasteiger partial charge in [0.05, 0.1) is 6.07 Å². The van der Waals surface area contributed by atoms with Gasteiger partial charge in [0.15, 0.2) is 11.4 Å². The van der Waals surface area contributed by atoms with Crippen molar-refractivity contribution in [1.82, 2.24) is 0 Å². The summed E-state index contributed by atoms with van der Waals surface area (Å²) < 4.78 is 12.6. The average Bonchev–Trinajstić information content (AvgIpc) is 3.03.